The molecule has 0 spiro atoms. The van der Waals surface area contributed by atoms with Crippen LogP contribution in [0.3, 0.4) is 0 Å². The van der Waals surface area contributed by atoms with Gasteiger partial charge in [0.25, 0.3) is 5.91 Å². The van der Waals surface area contributed by atoms with E-state index >= 15 is 0 Å². The Morgan fingerprint density at radius 2 is 1.70 bits per heavy atom. The third-order valence-corrected chi connectivity index (χ3v) is 9.51. The van der Waals surface area contributed by atoms with Crippen molar-refractivity contribution in [2.45, 2.75) is 63.0 Å². The number of amides is 1. The number of carboxylic acid groups (broad SMARTS) is 1. The van der Waals surface area contributed by atoms with E-state index in [-0.39, 0.29) is 36.4 Å². The topological polar surface area (TPSA) is 84.9 Å². The van der Waals surface area contributed by atoms with Gasteiger partial charge in [-0.3, -0.25) is 4.79 Å². The molecule has 6 nitrogen and oxygen atoms in total. The first-order valence-electron chi connectivity index (χ1n) is 14.7. The fraction of sp³-hybridized carbons (Fsp3) is 0.455. The third-order valence-electron chi connectivity index (χ3n) is 9.51. The Morgan fingerprint density at radius 1 is 1.00 bits per heavy atom. The molecule has 234 valence electrons. The van der Waals surface area contributed by atoms with Gasteiger partial charge in [-0.15, -0.1) is 0 Å². The van der Waals surface area contributed by atoms with Crippen LogP contribution < -0.4 is 10.1 Å². The van der Waals surface area contributed by atoms with E-state index in [0.717, 1.165) is 31.4 Å². The maximum atomic E-state index is 14.0. The van der Waals surface area contributed by atoms with Crippen LogP contribution in [0.5, 0.6) is 5.75 Å². The molecule has 4 fully saturated rings. The number of aliphatic carboxylic acids is 1. The van der Waals surface area contributed by atoms with E-state index in [9.17, 15) is 36.6 Å². The summed E-state index contributed by atoms with van der Waals surface area (Å²) in [4.78, 5) is 26.6. The van der Waals surface area contributed by atoms with Gasteiger partial charge in [0.1, 0.15) is 30.9 Å². The number of hydrogen-bond acceptors (Lipinski definition) is 4. The van der Waals surface area contributed by atoms with Crippen LogP contribution in [0.2, 0.25) is 0 Å². The van der Waals surface area contributed by atoms with Crippen molar-refractivity contribution < 1.29 is 46.1 Å². The molecule has 2 N–H and O–H groups in total. The summed E-state index contributed by atoms with van der Waals surface area (Å²) in [5.41, 5.74) is -1.79. The first kappa shape index (κ1) is 30.3. The Balaban J connectivity index is 1.30. The average molecular weight is 618 g/mol. The first-order chi connectivity index (χ1) is 20.9. The van der Waals surface area contributed by atoms with Crippen molar-refractivity contribution in [2.24, 2.45) is 17.3 Å². The zero-order chi connectivity index (χ0) is 31.3. The van der Waals surface area contributed by atoms with Crippen molar-refractivity contribution in [2.75, 3.05) is 13.3 Å². The van der Waals surface area contributed by atoms with E-state index in [0.29, 0.717) is 35.6 Å². The van der Waals surface area contributed by atoms with Crippen LogP contribution in [-0.4, -0.2) is 41.9 Å². The van der Waals surface area contributed by atoms with Crippen LogP contribution in [0.4, 0.5) is 22.0 Å². The van der Waals surface area contributed by atoms with Gasteiger partial charge >= 0.3 is 12.1 Å². The second-order valence-electron chi connectivity index (χ2n) is 12.6. The fourth-order valence-corrected chi connectivity index (χ4v) is 8.25. The molecular weight excluding hydrogens is 585 g/mol. The number of fused-ring (bicyclic) bond motifs is 1. The highest BCUT2D eigenvalue weighted by Gasteiger charge is 2.62. The number of carbonyl (C=O) groups excluding carboxylic acids is 1. The maximum absolute atomic E-state index is 14.0. The molecule has 1 amide bonds. The summed E-state index contributed by atoms with van der Waals surface area (Å²) in [6.45, 7) is -0.889. The lowest BCUT2D eigenvalue weighted by atomic mass is 9.46. The van der Waals surface area contributed by atoms with Crippen LogP contribution >= 0.6 is 0 Å². The highest BCUT2D eigenvalue weighted by molar-refractivity contribution is 6.05. The lowest BCUT2D eigenvalue weighted by molar-refractivity contribution is -0.204. The van der Waals surface area contributed by atoms with E-state index in [2.05, 4.69) is 5.32 Å². The molecule has 4 aliphatic rings. The average Bonchev–Trinajstić information content (AvgIpc) is 2.96. The predicted octanol–water partition coefficient (Wildman–Crippen LogP) is 7.08. The molecule has 0 saturated heterocycles. The van der Waals surface area contributed by atoms with Gasteiger partial charge < -0.3 is 19.9 Å². The molecule has 4 bridgehead atoms. The minimum atomic E-state index is -4.50. The molecule has 3 unspecified atom stereocenters. The number of nitrogens with one attached hydrogen (secondary N) is 1. The second kappa shape index (κ2) is 11.3. The zero-order valence-electron chi connectivity index (χ0n) is 23.8. The summed E-state index contributed by atoms with van der Waals surface area (Å²) >= 11 is 0. The largest absolute Gasteiger partial charge is 0.487 e. The number of carbonyl (C=O) groups is 2. The van der Waals surface area contributed by atoms with Crippen molar-refractivity contribution in [1.82, 2.24) is 5.32 Å². The molecule has 0 aromatic heterocycles. The minimum absolute atomic E-state index is 0.00962. The van der Waals surface area contributed by atoms with E-state index in [1.165, 1.54) is 42.5 Å². The van der Waals surface area contributed by atoms with Crippen LogP contribution in [0, 0.1) is 23.1 Å². The maximum Gasteiger partial charge on any atom is 0.416 e. The van der Waals surface area contributed by atoms with Crippen molar-refractivity contribution >= 4 is 22.6 Å². The Morgan fingerprint density at radius 3 is 2.34 bits per heavy atom. The van der Waals surface area contributed by atoms with Crippen LogP contribution in [0.25, 0.3) is 10.8 Å². The van der Waals surface area contributed by atoms with E-state index in [1.54, 1.807) is 0 Å². The van der Waals surface area contributed by atoms with Crippen molar-refractivity contribution in [3.05, 3.63) is 77.1 Å². The van der Waals surface area contributed by atoms with E-state index in [4.69, 9.17) is 9.47 Å². The normalized spacial score (nSPS) is 26.5. The van der Waals surface area contributed by atoms with Crippen LogP contribution in [0.15, 0.2) is 54.6 Å². The number of alkyl halides is 4. The summed E-state index contributed by atoms with van der Waals surface area (Å²) in [7, 11) is 0. The highest BCUT2D eigenvalue weighted by Crippen LogP contribution is 2.64. The lowest BCUT2D eigenvalue weighted by Crippen LogP contribution is -2.65. The molecular formula is C33H32F5NO5. The van der Waals surface area contributed by atoms with E-state index < -0.39 is 53.2 Å². The quantitative estimate of drug-likeness (QED) is 0.238. The van der Waals surface area contributed by atoms with Crippen molar-refractivity contribution in [1.29, 1.82) is 0 Å². The Kier molecular flexibility index (Phi) is 7.80. The Labute approximate surface area is 250 Å². The number of benzene rings is 3. The highest BCUT2D eigenvalue weighted by atomic mass is 19.4. The molecule has 7 rings (SSSR count). The number of halogens is 5. The van der Waals surface area contributed by atoms with Gasteiger partial charge in [-0.05, 0) is 97.7 Å². The molecule has 0 heterocycles. The standard InChI is InChI=1S/C33H32F5NO5/c34-9-10-44-32-15-20-11-21(16-32)14-31(13-20,18-32)28(30(41)42)39-29(40)26-7-3-22-12-24(35)6-8-25(22)27(26)43-17-19-1-4-23(5-2-19)33(36,37)38/h1-8,12,20-21,28H,9-11,13-18H2,(H,39,40)(H,41,42). The summed E-state index contributed by atoms with van der Waals surface area (Å²) in [5, 5.41) is 14.0. The smallest absolute Gasteiger partial charge is 0.416 e. The Bertz CT molecular complexity index is 1560. The molecule has 3 aromatic rings. The zero-order valence-corrected chi connectivity index (χ0v) is 23.8. The molecule has 3 aromatic carbocycles. The van der Waals surface area contributed by atoms with E-state index in [1.807, 2.05) is 0 Å². The fourth-order valence-electron chi connectivity index (χ4n) is 8.25. The van der Waals surface area contributed by atoms with Crippen LogP contribution in [-0.2, 0) is 22.3 Å². The van der Waals surface area contributed by atoms with Gasteiger partial charge in [-0.25, -0.2) is 13.6 Å². The first-order valence-corrected chi connectivity index (χ1v) is 14.7. The lowest BCUT2D eigenvalue weighted by Gasteiger charge is -2.63. The Hall–Kier alpha value is -3.73. The molecule has 0 radical (unpaired) electrons. The van der Waals surface area contributed by atoms with Gasteiger partial charge in [0.05, 0.1) is 23.3 Å². The summed E-state index contributed by atoms with van der Waals surface area (Å²) in [6.07, 6.45) is -0.444. The molecule has 3 atom stereocenters. The molecule has 44 heavy (non-hydrogen) atoms. The second-order valence-corrected chi connectivity index (χ2v) is 12.6. The minimum Gasteiger partial charge on any atom is -0.487 e. The van der Waals surface area contributed by atoms with Crippen molar-refractivity contribution in [3.8, 4) is 5.75 Å². The number of carboxylic acids is 1. The summed E-state index contributed by atoms with van der Waals surface area (Å²) in [5.74, 6) is -1.92. The third kappa shape index (κ3) is 5.74. The van der Waals surface area contributed by atoms with Crippen molar-refractivity contribution in [3.63, 3.8) is 0 Å². The number of rotatable bonds is 10. The molecule has 11 heteroatoms. The van der Waals surface area contributed by atoms with Crippen LogP contribution in [0.1, 0.15) is 60.0 Å². The summed E-state index contributed by atoms with van der Waals surface area (Å²) < 4.78 is 78.2. The van der Waals surface area contributed by atoms with Gasteiger partial charge in [0.15, 0.2) is 0 Å². The predicted molar refractivity (Wildman–Crippen MR) is 150 cm³/mol. The van der Waals surface area contributed by atoms with Gasteiger partial charge in [0, 0.05) is 10.8 Å². The van der Waals surface area contributed by atoms with Gasteiger partial charge in [-0.2, -0.15) is 13.2 Å². The molecule has 4 saturated carbocycles. The number of hydrogen-bond donors (Lipinski definition) is 2. The van der Waals surface area contributed by atoms with Gasteiger partial charge in [-0.1, -0.05) is 18.2 Å². The molecule has 4 aliphatic carbocycles. The molecule has 0 aliphatic heterocycles. The SMILES string of the molecule is O=C(NC(C(=O)O)C12CC3CC(CC(OCCF)(C3)C1)C2)c1ccc2cc(F)ccc2c1OCc1ccc(C(F)(F)F)cc1. The van der Waals surface area contributed by atoms with Gasteiger partial charge in [0.2, 0.25) is 0 Å². The monoisotopic (exact) mass is 617 g/mol. The number of ether oxygens (including phenoxy) is 2. The summed E-state index contributed by atoms with van der Waals surface area (Å²) in [6, 6.07) is 9.97.